The summed E-state index contributed by atoms with van der Waals surface area (Å²) in [5, 5.41) is 16.0. The van der Waals surface area contributed by atoms with Gasteiger partial charge in [-0.3, -0.25) is 9.69 Å². The van der Waals surface area contributed by atoms with Crippen LogP contribution in [-0.4, -0.2) is 43.3 Å². The number of aromatic amines is 1. The Kier molecular flexibility index (Phi) is 6.45. The average molecular weight is 507 g/mol. The van der Waals surface area contributed by atoms with Crippen molar-refractivity contribution in [3.63, 3.8) is 0 Å². The van der Waals surface area contributed by atoms with Gasteiger partial charge in [0.1, 0.15) is 13.2 Å². The molecule has 0 bridgehead atoms. The van der Waals surface area contributed by atoms with E-state index in [1.165, 1.54) is 17.7 Å². The highest BCUT2D eigenvalue weighted by Crippen LogP contribution is 2.35. The standard InChI is InChI=1S/C26H30N6O3S/c1-2-22(25-28-29-30-32(25)19-6-3-4-7-19)31(16-20-8-5-11-36-20)15-18-12-17-13-23-24(35-10-9-34-23)14-21(17)27-26(18)33/h5,8,11-14,19,22H,2-4,6-7,9-10,15-16H2,1H3,(H,27,33)/t22-/m0/s1. The van der Waals surface area contributed by atoms with Crippen molar-refractivity contribution in [3.05, 3.63) is 62.3 Å². The molecule has 1 fully saturated rings. The number of nitrogens with one attached hydrogen (secondary N) is 1. The molecule has 0 amide bonds. The molecule has 1 N–H and O–H groups in total. The fourth-order valence-corrected chi connectivity index (χ4v) is 6.17. The van der Waals surface area contributed by atoms with E-state index in [0.29, 0.717) is 49.4 Å². The summed E-state index contributed by atoms with van der Waals surface area (Å²) >= 11 is 1.72. The third kappa shape index (κ3) is 4.51. The molecule has 9 nitrogen and oxygen atoms in total. The number of benzene rings is 1. The van der Waals surface area contributed by atoms with Crippen LogP contribution in [0.4, 0.5) is 0 Å². The summed E-state index contributed by atoms with van der Waals surface area (Å²) in [6, 6.07) is 10.3. The fraction of sp³-hybridized carbons (Fsp3) is 0.462. The molecule has 2 aliphatic rings. The van der Waals surface area contributed by atoms with Crippen molar-refractivity contribution in [3.8, 4) is 11.5 Å². The Balaban J connectivity index is 1.37. The van der Waals surface area contributed by atoms with Gasteiger partial charge < -0.3 is 14.5 Å². The summed E-state index contributed by atoms with van der Waals surface area (Å²) in [7, 11) is 0. The predicted molar refractivity (Wildman–Crippen MR) is 137 cm³/mol. The summed E-state index contributed by atoms with van der Waals surface area (Å²) in [5.74, 6) is 2.27. The monoisotopic (exact) mass is 506 g/mol. The molecule has 4 heterocycles. The maximum absolute atomic E-state index is 13.2. The van der Waals surface area contributed by atoms with Crippen molar-refractivity contribution < 1.29 is 9.47 Å². The number of thiophene rings is 1. The Bertz CT molecular complexity index is 1390. The highest BCUT2D eigenvalue weighted by molar-refractivity contribution is 7.09. The van der Waals surface area contributed by atoms with Gasteiger partial charge in [0.05, 0.1) is 17.6 Å². The number of H-pyrrole nitrogens is 1. The van der Waals surface area contributed by atoms with E-state index in [1.807, 2.05) is 22.9 Å². The molecule has 4 aromatic rings. The SMILES string of the molecule is CC[C@@H](c1nnnn1C1CCCC1)N(Cc1cccs1)Cc1cc2cc3c(cc2[nH]c1=O)OCCO3. The van der Waals surface area contributed by atoms with Crippen molar-refractivity contribution in [2.24, 2.45) is 0 Å². The zero-order chi connectivity index (χ0) is 24.5. The number of nitrogens with zero attached hydrogens (tertiary/aromatic N) is 5. The van der Waals surface area contributed by atoms with Gasteiger partial charge in [-0.05, 0) is 53.3 Å². The summed E-state index contributed by atoms with van der Waals surface area (Å²) in [5.41, 5.74) is 1.35. The quantitative estimate of drug-likeness (QED) is 0.372. The molecular formula is C26H30N6O3S. The first-order chi connectivity index (χ1) is 17.7. The highest BCUT2D eigenvalue weighted by Gasteiger charge is 2.30. The molecule has 1 aliphatic carbocycles. The van der Waals surface area contributed by atoms with E-state index in [2.05, 4.69) is 49.8 Å². The second-order valence-corrected chi connectivity index (χ2v) is 10.6. The Labute approximate surface area is 213 Å². The van der Waals surface area contributed by atoms with Crippen LogP contribution in [0.1, 0.15) is 67.4 Å². The maximum atomic E-state index is 13.2. The summed E-state index contributed by atoms with van der Waals surface area (Å²) in [6.07, 6.45) is 5.48. The van der Waals surface area contributed by atoms with Crippen LogP contribution in [0, 0.1) is 0 Å². The van der Waals surface area contributed by atoms with Gasteiger partial charge in [-0.15, -0.1) is 16.4 Å². The smallest absolute Gasteiger partial charge is 0.252 e. The topological polar surface area (TPSA) is 98.2 Å². The Hall–Kier alpha value is -3.24. The Morgan fingerprint density at radius 2 is 1.97 bits per heavy atom. The molecule has 0 radical (unpaired) electrons. The van der Waals surface area contributed by atoms with Gasteiger partial charge in [-0.1, -0.05) is 25.8 Å². The first-order valence-electron chi connectivity index (χ1n) is 12.7. The molecule has 1 aliphatic heterocycles. The van der Waals surface area contributed by atoms with Gasteiger partial charge in [0.15, 0.2) is 17.3 Å². The molecule has 3 aromatic heterocycles. The number of tetrazole rings is 1. The lowest BCUT2D eigenvalue weighted by atomic mass is 10.1. The molecule has 36 heavy (non-hydrogen) atoms. The van der Waals surface area contributed by atoms with Crippen molar-refractivity contribution in [1.82, 2.24) is 30.1 Å². The third-order valence-corrected chi connectivity index (χ3v) is 8.07. The summed E-state index contributed by atoms with van der Waals surface area (Å²) in [4.78, 5) is 19.8. The zero-order valence-electron chi connectivity index (χ0n) is 20.4. The summed E-state index contributed by atoms with van der Waals surface area (Å²) in [6.45, 7) is 4.39. The normalized spacial score (nSPS) is 16.7. The molecule has 0 spiro atoms. The number of hydrogen-bond acceptors (Lipinski definition) is 8. The zero-order valence-corrected chi connectivity index (χ0v) is 21.2. The van der Waals surface area contributed by atoms with Crippen LogP contribution in [0.2, 0.25) is 0 Å². The summed E-state index contributed by atoms with van der Waals surface area (Å²) < 4.78 is 13.5. The first-order valence-corrected chi connectivity index (χ1v) is 13.6. The second kappa shape index (κ2) is 10.0. The van der Waals surface area contributed by atoms with Crippen molar-refractivity contribution in [2.45, 2.75) is 64.2 Å². The molecule has 1 aromatic carbocycles. The van der Waals surface area contributed by atoms with Gasteiger partial charge in [-0.25, -0.2) is 4.68 Å². The molecule has 188 valence electrons. The maximum Gasteiger partial charge on any atom is 0.252 e. The molecule has 1 atom stereocenters. The number of fused-ring (bicyclic) bond motifs is 2. The predicted octanol–water partition coefficient (Wildman–Crippen LogP) is 4.62. The lowest BCUT2D eigenvalue weighted by molar-refractivity contribution is 0.159. The number of aromatic nitrogens is 5. The van der Waals surface area contributed by atoms with Crippen LogP contribution < -0.4 is 15.0 Å². The highest BCUT2D eigenvalue weighted by atomic mass is 32.1. The van der Waals surface area contributed by atoms with Gasteiger partial charge in [0.25, 0.3) is 5.56 Å². The Morgan fingerprint density at radius 1 is 1.17 bits per heavy atom. The molecule has 6 rings (SSSR count). The van der Waals surface area contributed by atoms with E-state index in [9.17, 15) is 4.79 Å². The van der Waals surface area contributed by atoms with E-state index in [0.717, 1.165) is 36.0 Å². The van der Waals surface area contributed by atoms with Crippen LogP contribution in [0.3, 0.4) is 0 Å². The van der Waals surface area contributed by atoms with E-state index >= 15 is 0 Å². The fourth-order valence-electron chi connectivity index (χ4n) is 5.44. The molecule has 0 saturated heterocycles. The van der Waals surface area contributed by atoms with Gasteiger partial charge >= 0.3 is 0 Å². The number of pyridine rings is 1. The third-order valence-electron chi connectivity index (χ3n) is 7.21. The molecule has 10 heteroatoms. The first kappa shape index (κ1) is 23.2. The second-order valence-electron chi connectivity index (χ2n) is 9.54. The van der Waals surface area contributed by atoms with Crippen molar-refractivity contribution >= 4 is 22.2 Å². The van der Waals surface area contributed by atoms with Crippen LogP contribution >= 0.6 is 11.3 Å². The van der Waals surface area contributed by atoms with E-state index in [1.54, 1.807) is 11.3 Å². The largest absolute Gasteiger partial charge is 0.486 e. The average Bonchev–Trinajstić information content (AvgIpc) is 3.67. The number of rotatable bonds is 8. The molecule has 1 saturated carbocycles. The van der Waals surface area contributed by atoms with Gasteiger partial charge in [0.2, 0.25) is 0 Å². The van der Waals surface area contributed by atoms with Gasteiger partial charge in [-0.2, -0.15) is 0 Å². The van der Waals surface area contributed by atoms with Crippen LogP contribution in [0.5, 0.6) is 11.5 Å². The minimum absolute atomic E-state index is 0.0157. The molecular weight excluding hydrogens is 476 g/mol. The van der Waals surface area contributed by atoms with Crippen LogP contribution in [-0.2, 0) is 13.1 Å². The number of hydrogen-bond donors (Lipinski definition) is 1. The minimum Gasteiger partial charge on any atom is -0.486 e. The van der Waals surface area contributed by atoms with E-state index in [-0.39, 0.29) is 11.6 Å². The molecule has 0 unspecified atom stereocenters. The lowest BCUT2D eigenvalue weighted by Gasteiger charge is -2.30. The van der Waals surface area contributed by atoms with Gasteiger partial charge in [0, 0.05) is 35.0 Å². The Morgan fingerprint density at radius 3 is 2.72 bits per heavy atom. The number of ether oxygens (including phenoxy) is 2. The van der Waals surface area contributed by atoms with E-state index in [4.69, 9.17) is 9.47 Å². The van der Waals surface area contributed by atoms with Crippen LogP contribution in [0.25, 0.3) is 10.9 Å². The van der Waals surface area contributed by atoms with Crippen LogP contribution in [0.15, 0.2) is 40.5 Å². The van der Waals surface area contributed by atoms with E-state index < -0.39 is 0 Å². The minimum atomic E-state index is -0.0967. The van der Waals surface area contributed by atoms with Crippen molar-refractivity contribution in [2.75, 3.05) is 13.2 Å². The van der Waals surface area contributed by atoms with Crippen molar-refractivity contribution in [1.29, 1.82) is 0 Å². The lowest BCUT2D eigenvalue weighted by Crippen LogP contribution is -2.32.